The van der Waals surface area contributed by atoms with E-state index in [1.54, 1.807) is 16.7 Å². The predicted octanol–water partition coefficient (Wildman–Crippen LogP) is 5.03. The molecule has 1 fully saturated rings. The molecule has 10 nitrogen and oxygen atoms in total. The Hall–Kier alpha value is -4.46. The van der Waals surface area contributed by atoms with Crippen LogP contribution in [0.2, 0.25) is 0 Å². The lowest BCUT2D eigenvalue weighted by Crippen LogP contribution is -2.19. The number of H-pyrrole nitrogens is 1. The summed E-state index contributed by atoms with van der Waals surface area (Å²) < 4.78 is 70.0. The molecule has 0 amide bonds. The van der Waals surface area contributed by atoms with Gasteiger partial charge >= 0.3 is 0 Å². The van der Waals surface area contributed by atoms with E-state index in [-0.39, 0.29) is 11.9 Å². The molecule has 40 heavy (non-hydrogen) atoms. The zero-order valence-electron chi connectivity index (χ0n) is 21.6. The van der Waals surface area contributed by atoms with Crippen LogP contribution >= 0.6 is 0 Å². The number of pyridine rings is 1. The first-order chi connectivity index (χ1) is 19.0. The van der Waals surface area contributed by atoms with Gasteiger partial charge in [-0.2, -0.15) is 10.1 Å². The van der Waals surface area contributed by atoms with Crippen LogP contribution < -0.4 is 10.2 Å². The van der Waals surface area contributed by atoms with Crippen molar-refractivity contribution in [3.63, 3.8) is 0 Å². The van der Waals surface area contributed by atoms with E-state index in [1.165, 1.54) is 25.4 Å². The Kier molecular flexibility index (Phi) is 6.02. The largest absolute Gasteiger partial charge is 0.323 e. The van der Waals surface area contributed by atoms with Crippen LogP contribution in [0, 0.1) is 24.4 Å². The summed E-state index contributed by atoms with van der Waals surface area (Å²) in [5, 5.41) is 10.3. The van der Waals surface area contributed by atoms with Crippen molar-refractivity contribution in [3.8, 4) is 11.4 Å². The zero-order chi connectivity index (χ0) is 28.3. The average molecular weight is 569 g/mol. The molecule has 5 aromatic rings. The summed E-state index contributed by atoms with van der Waals surface area (Å²) in [7, 11) is -2.48. The van der Waals surface area contributed by atoms with Crippen LogP contribution in [0.5, 0.6) is 0 Å². The van der Waals surface area contributed by atoms with Gasteiger partial charge in [-0.3, -0.25) is 9.50 Å². The van der Waals surface area contributed by atoms with E-state index in [4.69, 9.17) is 4.98 Å². The Bertz CT molecular complexity index is 1880. The van der Waals surface area contributed by atoms with Crippen LogP contribution in [-0.4, -0.2) is 51.3 Å². The highest BCUT2D eigenvalue weighted by molar-refractivity contribution is 7.90. The highest BCUT2D eigenvalue weighted by atomic mass is 32.2. The molecule has 0 unspecified atom stereocenters. The van der Waals surface area contributed by atoms with Gasteiger partial charge in [0.25, 0.3) is 0 Å². The van der Waals surface area contributed by atoms with E-state index in [0.29, 0.717) is 28.7 Å². The van der Waals surface area contributed by atoms with Crippen molar-refractivity contribution in [1.82, 2.24) is 29.5 Å². The van der Waals surface area contributed by atoms with Gasteiger partial charge in [-0.05, 0) is 49.9 Å². The zero-order valence-corrected chi connectivity index (χ0v) is 22.4. The van der Waals surface area contributed by atoms with Gasteiger partial charge in [0, 0.05) is 36.8 Å². The Balaban J connectivity index is 1.57. The topological polar surface area (TPSA) is 121 Å². The maximum atomic E-state index is 15.2. The predicted molar refractivity (Wildman–Crippen MR) is 142 cm³/mol. The monoisotopic (exact) mass is 568 g/mol. The minimum absolute atomic E-state index is 0.0820. The number of imidazole rings is 1. The summed E-state index contributed by atoms with van der Waals surface area (Å²) in [4.78, 5) is 14.3. The first-order valence-corrected chi connectivity index (χ1v) is 14.2. The van der Waals surface area contributed by atoms with Gasteiger partial charge in [-0.15, -0.1) is 0 Å². The molecule has 1 aliphatic rings. The second-order valence-corrected chi connectivity index (χ2v) is 11.8. The minimum atomic E-state index is -3.85. The number of hydrogen-bond acceptors (Lipinski definition) is 8. The number of aromatic amines is 1. The van der Waals surface area contributed by atoms with Crippen LogP contribution in [-0.2, 0) is 9.84 Å². The van der Waals surface area contributed by atoms with Crippen molar-refractivity contribution >= 4 is 38.8 Å². The van der Waals surface area contributed by atoms with Gasteiger partial charge in [0.05, 0.1) is 22.5 Å². The van der Waals surface area contributed by atoms with E-state index in [1.807, 2.05) is 6.92 Å². The van der Waals surface area contributed by atoms with Crippen molar-refractivity contribution in [2.45, 2.75) is 30.6 Å². The third-order valence-corrected chi connectivity index (χ3v) is 7.73. The molecule has 4 aromatic heterocycles. The highest BCUT2D eigenvalue weighted by Gasteiger charge is 2.34. The van der Waals surface area contributed by atoms with Gasteiger partial charge in [-0.25, -0.2) is 31.6 Å². The van der Waals surface area contributed by atoms with E-state index < -0.39 is 37.9 Å². The first kappa shape index (κ1) is 25.8. The first-order valence-electron chi connectivity index (χ1n) is 12.3. The summed E-state index contributed by atoms with van der Waals surface area (Å²) in [6, 6.07) is 6.11. The fourth-order valence-electron chi connectivity index (χ4n) is 4.57. The highest BCUT2D eigenvalue weighted by Crippen LogP contribution is 2.48. The van der Waals surface area contributed by atoms with Crippen LogP contribution in [0.25, 0.3) is 17.0 Å². The van der Waals surface area contributed by atoms with E-state index in [0.717, 1.165) is 47.4 Å². The SMILES string of the molecule is Cc1cc(Nc2nc(N(C)c3c(F)cc(S(C)(=O)=O)cc3F)nc(-c3cnc4ccc(F)cn34)c2C2CC2)n[nH]1. The Labute approximate surface area is 226 Å². The molecule has 0 atom stereocenters. The Morgan fingerprint density at radius 3 is 2.45 bits per heavy atom. The standard InChI is InChI=1S/C26H23F3N8O2S/c1-13-8-20(35-34-13)31-25-22(14-4-5-14)23(19-11-30-21-7-6-15(27)12-37(19)21)32-26(33-25)36(2)24-17(28)9-16(10-18(24)29)40(3,38)39/h6-12,14H,4-5H2,1-3H3,(H2,31,32,33,34,35). The number of rotatable bonds is 7. The molecule has 0 aliphatic heterocycles. The van der Waals surface area contributed by atoms with Gasteiger partial charge < -0.3 is 10.2 Å². The summed E-state index contributed by atoms with van der Waals surface area (Å²) in [6.45, 7) is 1.84. The van der Waals surface area contributed by atoms with Crippen LogP contribution in [0.1, 0.15) is 30.0 Å². The number of anilines is 4. The smallest absolute Gasteiger partial charge is 0.232 e. The molecular weight excluding hydrogens is 545 g/mol. The number of nitrogens with zero attached hydrogens (tertiary/aromatic N) is 6. The Morgan fingerprint density at radius 2 is 1.82 bits per heavy atom. The number of fused-ring (bicyclic) bond motifs is 1. The third-order valence-electron chi connectivity index (χ3n) is 6.64. The molecule has 4 heterocycles. The number of aromatic nitrogens is 6. The van der Waals surface area contributed by atoms with E-state index in [9.17, 15) is 12.8 Å². The maximum absolute atomic E-state index is 15.2. The Morgan fingerprint density at radius 1 is 1.10 bits per heavy atom. The molecule has 6 rings (SSSR count). The summed E-state index contributed by atoms with van der Waals surface area (Å²) in [6.07, 6.45) is 5.43. The summed E-state index contributed by atoms with van der Waals surface area (Å²) >= 11 is 0. The number of aryl methyl sites for hydroxylation is 1. The average Bonchev–Trinajstić information content (AvgIpc) is 3.51. The van der Waals surface area contributed by atoms with Crippen LogP contribution in [0.3, 0.4) is 0 Å². The number of halogens is 3. The molecule has 0 spiro atoms. The molecular formula is C26H23F3N8O2S. The van der Waals surface area contributed by atoms with Gasteiger partial charge in [0.2, 0.25) is 5.95 Å². The van der Waals surface area contributed by atoms with E-state index >= 15 is 8.78 Å². The van der Waals surface area contributed by atoms with E-state index in [2.05, 4.69) is 25.5 Å². The third kappa shape index (κ3) is 4.63. The number of nitrogens with one attached hydrogen (secondary N) is 2. The normalized spacial score (nSPS) is 13.7. The van der Waals surface area contributed by atoms with Crippen molar-refractivity contribution in [1.29, 1.82) is 0 Å². The van der Waals surface area contributed by atoms with Crippen molar-refractivity contribution in [2.24, 2.45) is 0 Å². The molecule has 1 saturated carbocycles. The van der Waals surface area contributed by atoms with Gasteiger partial charge in [0.15, 0.2) is 27.3 Å². The van der Waals surface area contributed by atoms with Crippen molar-refractivity contribution in [3.05, 3.63) is 71.4 Å². The molecule has 206 valence electrons. The maximum Gasteiger partial charge on any atom is 0.232 e. The van der Waals surface area contributed by atoms with Crippen molar-refractivity contribution in [2.75, 3.05) is 23.5 Å². The molecule has 0 bridgehead atoms. The number of hydrogen-bond donors (Lipinski definition) is 2. The summed E-state index contributed by atoms with van der Waals surface area (Å²) in [5.41, 5.74) is 2.34. The molecule has 1 aromatic carbocycles. The molecule has 0 saturated heterocycles. The van der Waals surface area contributed by atoms with Crippen LogP contribution in [0.15, 0.2) is 47.6 Å². The van der Waals surface area contributed by atoms with Gasteiger partial charge in [0.1, 0.15) is 23.0 Å². The molecule has 14 heteroatoms. The number of benzene rings is 1. The van der Waals surface area contributed by atoms with Gasteiger partial charge in [-0.1, -0.05) is 0 Å². The summed E-state index contributed by atoms with van der Waals surface area (Å²) in [5.74, 6) is -1.87. The molecule has 1 aliphatic carbocycles. The molecule has 2 N–H and O–H groups in total. The van der Waals surface area contributed by atoms with Crippen LogP contribution in [0.4, 0.5) is 36.4 Å². The fraction of sp³-hybridized carbons (Fsp3) is 0.231. The second kappa shape index (κ2) is 9.33. The van der Waals surface area contributed by atoms with Crippen molar-refractivity contribution < 1.29 is 21.6 Å². The lowest BCUT2D eigenvalue weighted by molar-refractivity contribution is 0.569. The lowest BCUT2D eigenvalue weighted by atomic mass is 10.1. The number of sulfone groups is 1. The quantitative estimate of drug-likeness (QED) is 0.280. The second-order valence-electron chi connectivity index (χ2n) is 9.76. The minimum Gasteiger partial charge on any atom is -0.323 e. The lowest BCUT2D eigenvalue weighted by Gasteiger charge is -2.22. The fourth-order valence-corrected chi connectivity index (χ4v) is 5.20. The molecule has 0 radical (unpaired) electrons.